The molecule has 16 heavy (non-hydrogen) atoms. The van der Waals surface area contributed by atoms with Crippen LogP contribution in [0.25, 0.3) is 0 Å². The van der Waals surface area contributed by atoms with Gasteiger partial charge in [-0.2, -0.15) is 0 Å². The number of rotatable bonds is 4. The van der Waals surface area contributed by atoms with Gasteiger partial charge in [-0.25, -0.2) is 0 Å². The van der Waals surface area contributed by atoms with E-state index in [1.54, 1.807) is 0 Å². The highest BCUT2D eigenvalue weighted by atomic mass is 35.5. The highest BCUT2D eigenvalue weighted by Crippen LogP contribution is 2.36. The summed E-state index contributed by atoms with van der Waals surface area (Å²) in [5.74, 6) is 0.208. The smallest absolute Gasteiger partial charge is 0.237 e. The number of carbonyl (C=O) groups is 1. The Labute approximate surface area is 105 Å². The summed E-state index contributed by atoms with van der Waals surface area (Å²) in [6.45, 7) is 6.98. The van der Waals surface area contributed by atoms with Crippen molar-refractivity contribution in [1.29, 1.82) is 0 Å². The molecule has 0 spiro atoms. The minimum absolute atomic E-state index is 0. The van der Waals surface area contributed by atoms with Crippen LogP contribution < -0.4 is 11.1 Å². The van der Waals surface area contributed by atoms with E-state index >= 15 is 0 Å². The van der Waals surface area contributed by atoms with Crippen LogP contribution in [-0.2, 0) is 4.79 Å². The number of nitrogens with one attached hydrogen (secondary N) is 1. The summed E-state index contributed by atoms with van der Waals surface area (Å²) in [7, 11) is 0. The molecule has 3 N–H and O–H groups in total. The van der Waals surface area contributed by atoms with Crippen molar-refractivity contribution >= 4 is 18.3 Å². The van der Waals surface area contributed by atoms with Crippen molar-refractivity contribution in [3.8, 4) is 0 Å². The molecule has 0 radical (unpaired) electrons. The first-order chi connectivity index (χ1) is 6.94. The highest BCUT2D eigenvalue weighted by molar-refractivity contribution is 5.85. The lowest BCUT2D eigenvalue weighted by Crippen LogP contribution is -2.46. The molecule has 0 aromatic heterocycles. The zero-order valence-electron chi connectivity index (χ0n) is 10.6. The van der Waals surface area contributed by atoms with E-state index in [-0.39, 0.29) is 30.3 Å². The molecule has 1 rings (SSSR count). The van der Waals surface area contributed by atoms with Crippen LogP contribution in [0.1, 0.15) is 46.5 Å². The van der Waals surface area contributed by atoms with Crippen molar-refractivity contribution in [3.63, 3.8) is 0 Å². The molecule has 1 fully saturated rings. The maximum Gasteiger partial charge on any atom is 0.237 e. The molecular weight excluding hydrogens is 224 g/mol. The summed E-state index contributed by atoms with van der Waals surface area (Å²) < 4.78 is 0. The van der Waals surface area contributed by atoms with Crippen molar-refractivity contribution in [2.24, 2.45) is 17.1 Å². The average molecular weight is 249 g/mol. The van der Waals surface area contributed by atoms with Gasteiger partial charge in [0, 0.05) is 6.54 Å². The molecule has 0 aromatic carbocycles. The number of halogens is 1. The van der Waals surface area contributed by atoms with E-state index in [4.69, 9.17) is 5.73 Å². The quantitative estimate of drug-likeness (QED) is 0.801. The Morgan fingerprint density at radius 3 is 2.31 bits per heavy atom. The largest absolute Gasteiger partial charge is 0.354 e. The van der Waals surface area contributed by atoms with Crippen LogP contribution in [0.15, 0.2) is 0 Å². The van der Waals surface area contributed by atoms with Crippen molar-refractivity contribution in [2.45, 2.75) is 52.5 Å². The number of carbonyl (C=O) groups excluding carboxylic acids is 1. The first-order valence-electron chi connectivity index (χ1n) is 5.98. The monoisotopic (exact) mass is 248 g/mol. The van der Waals surface area contributed by atoms with Gasteiger partial charge in [-0.1, -0.05) is 33.6 Å². The van der Waals surface area contributed by atoms with E-state index in [1.807, 2.05) is 13.8 Å². The second-order valence-corrected chi connectivity index (χ2v) is 5.51. The Morgan fingerprint density at radius 1 is 1.38 bits per heavy atom. The SMILES string of the molecule is CC(C)C(N)C(=O)NCC1(C)CCCC1.Cl. The average Bonchev–Trinajstić information content (AvgIpc) is 2.61. The van der Waals surface area contributed by atoms with E-state index in [0.717, 1.165) is 6.54 Å². The normalized spacial score (nSPS) is 20.3. The third-order valence-corrected chi connectivity index (χ3v) is 3.52. The highest BCUT2D eigenvalue weighted by Gasteiger charge is 2.29. The summed E-state index contributed by atoms with van der Waals surface area (Å²) in [5.41, 5.74) is 6.09. The molecule has 4 heteroatoms. The molecule has 1 aliphatic carbocycles. The van der Waals surface area contributed by atoms with Crippen LogP contribution in [0.2, 0.25) is 0 Å². The fourth-order valence-corrected chi connectivity index (χ4v) is 2.13. The lowest BCUT2D eigenvalue weighted by molar-refractivity contribution is -0.123. The van der Waals surface area contributed by atoms with Gasteiger partial charge in [0.2, 0.25) is 5.91 Å². The van der Waals surface area contributed by atoms with E-state index in [9.17, 15) is 4.79 Å². The van der Waals surface area contributed by atoms with Gasteiger partial charge < -0.3 is 11.1 Å². The van der Waals surface area contributed by atoms with Gasteiger partial charge in [-0.05, 0) is 24.2 Å². The summed E-state index contributed by atoms with van der Waals surface area (Å²) in [6.07, 6.45) is 5.04. The predicted octanol–water partition coefficient (Wildman–Crippen LogP) is 2.09. The lowest BCUT2D eigenvalue weighted by Gasteiger charge is -2.25. The van der Waals surface area contributed by atoms with E-state index in [0.29, 0.717) is 5.41 Å². The molecule has 1 atom stereocenters. The van der Waals surface area contributed by atoms with Gasteiger partial charge in [-0.3, -0.25) is 4.79 Å². The maximum atomic E-state index is 11.6. The summed E-state index contributed by atoms with van der Waals surface area (Å²) in [4.78, 5) is 11.6. The fraction of sp³-hybridized carbons (Fsp3) is 0.917. The molecule has 1 unspecified atom stereocenters. The molecule has 0 heterocycles. The van der Waals surface area contributed by atoms with E-state index in [1.165, 1.54) is 25.7 Å². The summed E-state index contributed by atoms with van der Waals surface area (Å²) >= 11 is 0. The van der Waals surface area contributed by atoms with Crippen molar-refractivity contribution in [3.05, 3.63) is 0 Å². The van der Waals surface area contributed by atoms with Crippen LogP contribution in [-0.4, -0.2) is 18.5 Å². The van der Waals surface area contributed by atoms with Crippen molar-refractivity contribution < 1.29 is 4.79 Å². The molecule has 1 saturated carbocycles. The third-order valence-electron chi connectivity index (χ3n) is 3.52. The first-order valence-corrected chi connectivity index (χ1v) is 5.98. The minimum Gasteiger partial charge on any atom is -0.354 e. The summed E-state index contributed by atoms with van der Waals surface area (Å²) in [5, 5.41) is 2.98. The first kappa shape index (κ1) is 15.7. The number of amides is 1. The van der Waals surface area contributed by atoms with Gasteiger partial charge in [0.25, 0.3) is 0 Å². The van der Waals surface area contributed by atoms with Crippen LogP contribution in [0, 0.1) is 11.3 Å². The van der Waals surface area contributed by atoms with Crippen LogP contribution in [0.4, 0.5) is 0 Å². The van der Waals surface area contributed by atoms with Crippen LogP contribution >= 0.6 is 12.4 Å². The predicted molar refractivity (Wildman–Crippen MR) is 69.6 cm³/mol. The van der Waals surface area contributed by atoms with Gasteiger partial charge >= 0.3 is 0 Å². The summed E-state index contributed by atoms with van der Waals surface area (Å²) in [6, 6.07) is -0.366. The molecule has 1 aliphatic rings. The number of nitrogens with two attached hydrogens (primary N) is 1. The molecule has 1 amide bonds. The van der Waals surface area contributed by atoms with Gasteiger partial charge in [-0.15, -0.1) is 12.4 Å². The minimum atomic E-state index is -0.366. The second-order valence-electron chi connectivity index (χ2n) is 5.51. The maximum absolute atomic E-state index is 11.6. The Hall–Kier alpha value is -0.280. The van der Waals surface area contributed by atoms with E-state index in [2.05, 4.69) is 12.2 Å². The van der Waals surface area contributed by atoms with E-state index < -0.39 is 0 Å². The number of hydrogen-bond acceptors (Lipinski definition) is 2. The lowest BCUT2D eigenvalue weighted by atomic mass is 9.88. The Kier molecular flexibility index (Phi) is 6.34. The van der Waals surface area contributed by atoms with Crippen molar-refractivity contribution in [2.75, 3.05) is 6.54 Å². The van der Waals surface area contributed by atoms with Gasteiger partial charge in [0.15, 0.2) is 0 Å². The number of hydrogen-bond donors (Lipinski definition) is 2. The second kappa shape index (κ2) is 6.45. The topological polar surface area (TPSA) is 55.1 Å². The molecule has 0 saturated heterocycles. The molecule has 3 nitrogen and oxygen atoms in total. The Morgan fingerprint density at radius 2 is 1.88 bits per heavy atom. The molecule has 0 aromatic rings. The zero-order chi connectivity index (χ0) is 11.5. The molecule has 0 bridgehead atoms. The Balaban J connectivity index is 0.00000225. The molecular formula is C12H25ClN2O. The standard InChI is InChI=1S/C12H24N2O.ClH/c1-9(2)10(13)11(15)14-8-12(3)6-4-5-7-12;/h9-10H,4-8,13H2,1-3H3,(H,14,15);1H. The van der Waals surface area contributed by atoms with Gasteiger partial charge in [0.1, 0.15) is 0 Å². The van der Waals surface area contributed by atoms with Crippen molar-refractivity contribution in [1.82, 2.24) is 5.32 Å². The molecule has 96 valence electrons. The van der Waals surface area contributed by atoms with Crippen LogP contribution in [0.3, 0.4) is 0 Å². The van der Waals surface area contributed by atoms with Crippen LogP contribution in [0.5, 0.6) is 0 Å². The fourth-order valence-electron chi connectivity index (χ4n) is 2.13. The third kappa shape index (κ3) is 4.30. The van der Waals surface area contributed by atoms with Gasteiger partial charge in [0.05, 0.1) is 6.04 Å². The molecule has 0 aliphatic heterocycles. The Bertz CT molecular complexity index is 225. The zero-order valence-corrected chi connectivity index (χ0v) is 11.4.